The lowest BCUT2D eigenvalue weighted by molar-refractivity contribution is 0.237. The molecule has 0 spiro atoms. The number of aromatic nitrogens is 1. The largest absolute Gasteiger partial charge is 0.381 e. The molecular weight excluding hydrogens is 164 g/mol. The number of nitrogens with one attached hydrogen (secondary N) is 1. The minimum absolute atomic E-state index is 0.0135. The van der Waals surface area contributed by atoms with Crippen molar-refractivity contribution in [2.45, 2.75) is 25.8 Å². The molecule has 0 aromatic carbocycles. The van der Waals surface area contributed by atoms with E-state index in [9.17, 15) is 0 Å². The highest BCUT2D eigenvalue weighted by Gasteiger charge is 2.08. The van der Waals surface area contributed by atoms with Gasteiger partial charge >= 0.3 is 0 Å². The SMILES string of the molecule is CCC[C@H](NCO)c1cccnc1. The van der Waals surface area contributed by atoms with Gasteiger partial charge < -0.3 is 5.11 Å². The molecule has 1 atom stereocenters. The molecule has 2 N–H and O–H groups in total. The third kappa shape index (κ3) is 3.13. The third-order valence-corrected chi connectivity index (χ3v) is 2.00. The van der Waals surface area contributed by atoms with E-state index >= 15 is 0 Å². The van der Waals surface area contributed by atoms with Crippen molar-refractivity contribution in [3.8, 4) is 0 Å². The zero-order chi connectivity index (χ0) is 9.52. The number of pyridine rings is 1. The van der Waals surface area contributed by atoms with E-state index in [1.807, 2.05) is 18.3 Å². The summed E-state index contributed by atoms with van der Waals surface area (Å²) in [5.74, 6) is 0. The summed E-state index contributed by atoms with van der Waals surface area (Å²) < 4.78 is 0. The first-order chi connectivity index (χ1) is 6.38. The van der Waals surface area contributed by atoms with E-state index in [2.05, 4.69) is 17.2 Å². The summed E-state index contributed by atoms with van der Waals surface area (Å²) in [6, 6.07) is 4.16. The van der Waals surface area contributed by atoms with Gasteiger partial charge in [0.15, 0.2) is 0 Å². The van der Waals surface area contributed by atoms with E-state index in [-0.39, 0.29) is 12.8 Å². The van der Waals surface area contributed by atoms with Crippen LogP contribution >= 0.6 is 0 Å². The summed E-state index contributed by atoms with van der Waals surface area (Å²) in [5.41, 5.74) is 1.14. The fourth-order valence-corrected chi connectivity index (χ4v) is 1.37. The van der Waals surface area contributed by atoms with Crippen LogP contribution < -0.4 is 5.32 Å². The fourth-order valence-electron chi connectivity index (χ4n) is 1.37. The first kappa shape index (κ1) is 10.2. The molecule has 1 heterocycles. The number of hydrogen-bond acceptors (Lipinski definition) is 3. The van der Waals surface area contributed by atoms with Crippen molar-refractivity contribution < 1.29 is 5.11 Å². The lowest BCUT2D eigenvalue weighted by Crippen LogP contribution is -2.22. The number of aliphatic hydroxyl groups is 1. The second-order valence-corrected chi connectivity index (χ2v) is 2.99. The van der Waals surface area contributed by atoms with E-state index < -0.39 is 0 Å². The summed E-state index contributed by atoms with van der Waals surface area (Å²) in [5, 5.41) is 11.8. The molecule has 0 amide bonds. The molecule has 3 heteroatoms. The van der Waals surface area contributed by atoms with Crippen LogP contribution in [-0.2, 0) is 0 Å². The Morgan fingerprint density at radius 3 is 3.00 bits per heavy atom. The predicted octanol–water partition coefficient (Wildman–Crippen LogP) is 1.46. The molecule has 0 aliphatic rings. The molecule has 0 saturated carbocycles. The van der Waals surface area contributed by atoms with Gasteiger partial charge in [-0.1, -0.05) is 19.4 Å². The lowest BCUT2D eigenvalue weighted by Gasteiger charge is -2.16. The van der Waals surface area contributed by atoms with Crippen molar-refractivity contribution in [3.63, 3.8) is 0 Å². The Labute approximate surface area is 78.8 Å². The quantitative estimate of drug-likeness (QED) is 0.674. The zero-order valence-corrected chi connectivity index (χ0v) is 7.90. The summed E-state index contributed by atoms with van der Waals surface area (Å²) >= 11 is 0. The standard InChI is InChI=1S/C10H16N2O/c1-2-4-10(12-8-13)9-5-3-6-11-7-9/h3,5-7,10,12-13H,2,4,8H2,1H3/t10-/m0/s1. The molecule has 13 heavy (non-hydrogen) atoms. The number of rotatable bonds is 5. The van der Waals surface area contributed by atoms with Gasteiger partial charge in [0.05, 0.1) is 6.73 Å². The summed E-state index contributed by atoms with van der Waals surface area (Å²) in [7, 11) is 0. The Bertz CT molecular complexity index is 220. The molecule has 0 bridgehead atoms. The summed E-state index contributed by atoms with van der Waals surface area (Å²) in [6.07, 6.45) is 5.70. The lowest BCUT2D eigenvalue weighted by atomic mass is 10.1. The van der Waals surface area contributed by atoms with Crippen LogP contribution in [0.15, 0.2) is 24.5 Å². The number of aliphatic hydroxyl groups excluding tert-OH is 1. The highest BCUT2D eigenvalue weighted by atomic mass is 16.3. The van der Waals surface area contributed by atoms with Crippen LogP contribution in [0.3, 0.4) is 0 Å². The topological polar surface area (TPSA) is 45.1 Å². The fraction of sp³-hybridized carbons (Fsp3) is 0.500. The average molecular weight is 180 g/mol. The van der Waals surface area contributed by atoms with E-state index in [1.165, 1.54) is 0 Å². The van der Waals surface area contributed by atoms with E-state index in [4.69, 9.17) is 5.11 Å². The molecule has 0 radical (unpaired) electrons. The molecule has 0 unspecified atom stereocenters. The minimum Gasteiger partial charge on any atom is -0.381 e. The van der Waals surface area contributed by atoms with Crippen molar-refractivity contribution in [1.82, 2.24) is 10.3 Å². The normalized spacial score (nSPS) is 12.8. The molecule has 0 fully saturated rings. The molecule has 0 aliphatic heterocycles. The summed E-state index contributed by atoms with van der Waals surface area (Å²) in [4.78, 5) is 4.05. The second kappa shape index (κ2) is 5.67. The van der Waals surface area contributed by atoms with Crippen molar-refractivity contribution in [3.05, 3.63) is 30.1 Å². The van der Waals surface area contributed by atoms with Crippen LogP contribution in [0.2, 0.25) is 0 Å². The van der Waals surface area contributed by atoms with Crippen LogP contribution in [0, 0.1) is 0 Å². The number of nitrogens with zero attached hydrogens (tertiary/aromatic N) is 1. The minimum atomic E-state index is 0.0135. The maximum absolute atomic E-state index is 8.79. The predicted molar refractivity (Wildman–Crippen MR) is 52.1 cm³/mol. The summed E-state index contributed by atoms with van der Waals surface area (Å²) in [6.45, 7) is 2.14. The molecule has 1 aromatic heterocycles. The maximum Gasteiger partial charge on any atom is 0.0936 e. The van der Waals surface area contributed by atoms with Gasteiger partial charge in [-0.15, -0.1) is 0 Å². The van der Waals surface area contributed by atoms with E-state index in [0.29, 0.717) is 0 Å². The first-order valence-electron chi connectivity index (χ1n) is 4.62. The van der Waals surface area contributed by atoms with Gasteiger partial charge in [-0.2, -0.15) is 0 Å². The maximum atomic E-state index is 8.79. The zero-order valence-electron chi connectivity index (χ0n) is 7.90. The van der Waals surface area contributed by atoms with Crippen molar-refractivity contribution >= 4 is 0 Å². The Hall–Kier alpha value is -0.930. The van der Waals surface area contributed by atoms with Crippen LogP contribution in [0.25, 0.3) is 0 Å². The Balaban J connectivity index is 2.64. The third-order valence-electron chi connectivity index (χ3n) is 2.00. The van der Waals surface area contributed by atoms with Crippen LogP contribution in [0.5, 0.6) is 0 Å². The van der Waals surface area contributed by atoms with Crippen molar-refractivity contribution in [2.24, 2.45) is 0 Å². The van der Waals surface area contributed by atoms with Crippen molar-refractivity contribution in [2.75, 3.05) is 6.73 Å². The monoisotopic (exact) mass is 180 g/mol. The molecule has 1 rings (SSSR count). The molecular formula is C10H16N2O. The molecule has 3 nitrogen and oxygen atoms in total. The van der Waals surface area contributed by atoms with Gasteiger partial charge in [0.1, 0.15) is 0 Å². The molecule has 0 saturated heterocycles. The van der Waals surface area contributed by atoms with Gasteiger partial charge in [-0.3, -0.25) is 10.3 Å². The molecule has 0 aliphatic carbocycles. The van der Waals surface area contributed by atoms with Crippen LogP contribution in [0.1, 0.15) is 31.4 Å². The highest BCUT2D eigenvalue weighted by Crippen LogP contribution is 2.16. The molecule has 1 aromatic rings. The first-order valence-corrected chi connectivity index (χ1v) is 4.62. The van der Waals surface area contributed by atoms with E-state index in [0.717, 1.165) is 18.4 Å². The number of hydrogen-bond donors (Lipinski definition) is 2. The van der Waals surface area contributed by atoms with Gasteiger partial charge in [0, 0.05) is 18.4 Å². The van der Waals surface area contributed by atoms with Crippen LogP contribution in [-0.4, -0.2) is 16.8 Å². The van der Waals surface area contributed by atoms with Gasteiger partial charge in [0.2, 0.25) is 0 Å². The van der Waals surface area contributed by atoms with Gasteiger partial charge in [-0.25, -0.2) is 0 Å². The Morgan fingerprint density at radius 2 is 2.46 bits per heavy atom. The van der Waals surface area contributed by atoms with Gasteiger partial charge in [-0.05, 0) is 18.1 Å². The highest BCUT2D eigenvalue weighted by molar-refractivity contribution is 5.13. The van der Waals surface area contributed by atoms with E-state index in [1.54, 1.807) is 6.20 Å². The average Bonchev–Trinajstić information content (AvgIpc) is 2.19. The Kier molecular flexibility index (Phi) is 4.43. The van der Waals surface area contributed by atoms with Crippen LogP contribution in [0.4, 0.5) is 0 Å². The Morgan fingerprint density at radius 1 is 1.62 bits per heavy atom. The van der Waals surface area contributed by atoms with Gasteiger partial charge in [0.25, 0.3) is 0 Å². The second-order valence-electron chi connectivity index (χ2n) is 2.99. The van der Waals surface area contributed by atoms with Crippen molar-refractivity contribution in [1.29, 1.82) is 0 Å². The molecule has 72 valence electrons. The smallest absolute Gasteiger partial charge is 0.0936 e.